The molecule has 0 radical (unpaired) electrons. The number of benzene rings is 2. The van der Waals surface area contributed by atoms with Gasteiger partial charge < -0.3 is 24.6 Å². The van der Waals surface area contributed by atoms with Gasteiger partial charge in [0.2, 0.25) is 0 Å². The topological polar surface area (TPSA) is 56.4 Å². The van der Waals surface area contributed by atoms with Crippen molar-refractivity contribution in [2.24, 2.45) is 0 Å². The summed E-state index contributed by atoms with van der Waals surface area (Å²) in [5.74, 6) is 1.55. The number of carbonyl (C=O) groups excluding carboxylic acids is 1. The second-order valence-electron chi connectivity index (χ2n) is 7.56. The molecule has 2 aromatic carbocycles. The summed E-state index contributed by atoms with van der Waals surface area (Å²) in [6, 6.07) is 11.7. The summed E-state index contributed by atoms with van der Waals surface area (Å²) < 4.78 is 10.7. The lowest BCUT2D eigenvalue weighted by Crippen LogP contribution is -3.28. The summed E-state index contributed by atoms with van der Waals surface area (Å²) in [5, 5.41) is 3.62. The molecule has 1 fully saturated rings. The monoisotopic (exact) mass is 419 g/mol. The zero-order valence-corrected chi connectivity index (χ0v) is 18.1. The lowest BCUT2D eigenvalue weighted by Gasteiger charge is -2.29. The second kappa shape index (κ2) is 9.96. The Morgan fingerprint density at radius 2 is 1.69 bits per heavy atom. The number of quaternary nitrogens is 2. The standard InChI is InChI=1S/C22H28ClN3O3/c1-16-4-6-18(13-19(16)23)24-22(27)15-26-10-8-25(9-11-26)14-17-5-7-20(28-2)21(12-17)29-3/h4-7,12-13H,8-11,14-15H2,1-3H3,(H,24,27)/p+2. The summed E-state index contributed by atoms with van der Waals surface area (Å²) in [5.41, 5.74) is 2.99. The summed E-state index contributed by atoms with van der Waals surface area (Å²) in [6.45, 7) is 7.40. The molecule has 0 saturated carbocycles. The number of rotatable bonds is 7. The molecule has 0 aliphatic carbocycles. The maximum Gasteiger partial charge on any atom is 0.279 e. The Morgan fingerprint density at radius 3 is 2.34 bits per heavy atom. The van der Waals surface area contributed by atoms with E-state index in [9.17, 15) is 4.79 Å². The highest BCUT2D eigenvalue weighted by Gasteiger charge is 2.25. The van der Waals surface area contributed by atoms with E-state index in [-0.39, 0.29) is 5.91 Å². The van der Waals surface area contributed by atoms with Crippen molar-refractivity contribution in [1.82, 2.24) is 0 Å². The normalized spacial score (nSPS) is 18.9. The van der Waals surface area contributed by atoms with Crippen LogP contribution in [0.1, 0.15) is 11.1 Å². The number of ether oxygens (including phenoxy) is 2. The van der Waals surface area contributed by atoms with Crippen molar-refractivity contribution in [2.75, 3.05) is 52.3 Å². The van der Waals surface area contributed by atoms with Crippen LogP contribution in [0, 0.1) is 6.92 Å². The molecule has 156 valence electrons. The van der Waals surface area contributed by atoms with Gasteiger partial charge in [-0.2, -0.15) is 0 Å². The third kappa shape index (κ3) is 5.85. The Bertz CT molecular complexity index is 851. The van der Waals surface area contributed by atoms with Crippen LogP contribution in [0.3, 0.4) is 0 Å². The fourth-order valence-electron chi connectivity index (χ4n) is 3.69. The summed E-state index contributed by atoms with van der Waals surface area (Å²) in [6.07, 6.45) is 0. The van der Waals surface area contributed by atoms with E-state index in [1.165, 1.54) is 15.4 Å². The predicted molar refractivity (Wildman–Crippen MR) is 114 cm³/mol. The average Bonchev–Trinajstić information content (AvgIpc) is 2.72. The van der Waals surface area contributed by atoms with Gasteiger partial charge in [0.15, 0.2) is 18.0 Å². The Labute approximate surface area is 177 Å². The van der Waals surface area contributed by atoms with Crippen molar-refractivity contribution in [3.8, 4) is 11.5 Å². The molecule has 1 saturated heterocycles. The van der Waals surface area contributed by atoms with E-state index in [1.807, 2.05) is 31.2 Å². The van der Waals surface area contributed by atoms with Gasteiger partial charge in [-0.05, 0) is 42.8 Å². The fourth-order valence-corrected chi connectivity index (χ4v) is 3.87. The number of piperazine rings is 1. The van der Waals surface area contributed by atoms with E-state index >= 15 is 0 Å². The van der Waals surface area contributed by atoms with Gasteiger partial charge in [0.25, 0.3) is 5.91 Å². The molecule has 0 spiro atoms. The number of hydrogen-bond donors (Lipinski definition) is 3. The summed E-state index contributed by atoms with van der Waals surface area (Å²) in [7, 11) is 3.31. The third-order valence-corrected chi connectivity index (χ3v) is 5.84. The van der Waals surface area contributed by atoms with E-state index < -0.39 is 0 Å². The molecule has 7 heteroatoms. The minimum absolute atomic E-state index is 0.0308. The van der Waals surface area contributed by atoms with Crippen molar-refractivity contribution < 1.29 is 24.1 Å². The zero-order chi connectivity index (χ0) is 20.8. The highest BCUT2D eigenvalue weighted by molar-refractivity contribution is 6.31. The van der Waals surface area contributed by atoms with E-state index in [1.54, 1.807) is 20.3 Å². The van der Waals surface area contributed by atoms with E-state index in [0.717, 1.165) is 55.5 Å². The summed E-state index contributed by atoms with van der Waals surface area (Å²) in [4.78, 5) is 15.2. The first-order valence-corrected chi connectivity index (χ1v) is 10.3. The maximum absolute atomic E-state index is 12.4. The molecule has 0 aromatic heterocycles. The molecule has 2 aromatic rings. The fraction of sp³-hybridized carbons (Fsp3) is 0.409. The van der Waals surface area contributed by atoms with Gasteiger partial charge in [-0.25, -0.2) is 0 Å². The van der Waals surface area contributed by atoms with Crippen LogP contribution in [0.4, 0.5) is 5.69 Å². The van der Waals surface area contributed by atoms with Gasteiger partial charge in [-0.15, -0.1) is 0 Å². The van der Waals surface area contributed by atoms with Crippen LogP contribution in [-0.2, 0) is 11.3 Å². The van der Waals surface area contributed by atoms with Crippen molar-refractivity contribution in [3.05, 3.63) is 52.5 Å². The molecule has 0 atom stereocenters. The Balaban J connectivity index is 1.46. The number of carbonyl (C=O) groups is 1. The van der Waals surface area contributed by atoms with Gasteiger partial charge >= 0.3 is 0 Å². The SMILES string of the molecule is COc1ccc(C[NH+]2CC[NH+](CC(=O)Nc3ccc(C)c(Cl)c3)CC2)cc1OC. The molecule has 6 nitrogen and oxygen atoms in total. The first kappa shape index (κ1) is 21.4. The van der Waals surface area contributed by atoms with Crippen molar-refractivity contribution >= 4 is 23.2 Å². The number of anilines is 1. The van der Waals surface area contributed by atoms with Crippen molar-refractivity contribution in [3.63, 3.8) is 0 Å². The van der Waals surface area contributed by atoms with Crippen LogP contribution in [0.25, 0.3) is 0 Å². The van der Waals surface area contributed by atoms with Crippen LogP contribution in [0.15, 0.2) is 36.4 Å². The molecule has 0 unspecified atom stereocenters. The number of nitrogens with one attached hydrogen (secondary N) is 3. The molecular weight excluding hydrogens is 390 g/mol. The van der Waals surface area contributed by atoms with Gasteiger partial charge in [-0.1, -0.05) is 17.7 Å². The molecule has 29 heavy (non-hydrogen) atoms. The third-order valence-electron chi connectivity index (χ3n) is 5.43. The number of methoxy groups -OCH3 is 2. The van der Waals surface area contributed by atoms with Crippen molar-refractivity contribution in [1.29, 1.82) is 0 Å². The number of halogens is 1. The molecule has 0 bridgehead atoms. The molecule has 3 N–H and O–H groups in total. The second-order valence-corrected chi connectivity index (χ2v) is 7.96. The minimum atomic E-state index is 0.0308. The number of hydrogen-bond acceptors (Lipinski definition) is 3. The van der Waals surface area contributed by atoms with E-state index in [0.29, 0.717) is 11.6 Å². The lowest BCUT2D eigenvalue weighted by atomic mass is 10.1. The van der Waals surface area contributed by atoms with E-state index in [2.05, 4.69) is 11.4 Å². The highest BCUT2D eigenvalue weighted by Crippen LogP contribution is 2.27. The van der Waals surface area contributed by atoms with Crippen LogP contribution < -0.4 is 24.6 Å². The summed E-state index contributed by atoms with van der Waals surface area (Å²) >= 11 is 6.13. The maximum atomic E-state index is 12.4. The highest BCUT2D eigenvalue weighted by atomic mass is 35.5. The first-order chi connectivity index (χ1) is 14.0. The van der Waals surface area contributed by atoms with Crippen LogP contribution >= 0.6 is 11.6 Å². The molecule has 1 aliphatic heterocycles. The van der Waals surface area contributed by atoms with Crippen LogP contribution in [0.5, 0.6) is 11.5 Å². The predicted octanol–water partition coefficient (Wildman–Crippen LogP) is 0.588. The average molecular weight is 420 g/mol. The molecule has 1 amide bonds. The van der Waals surface area contributed by atoms with Gasteiger partial charge in [0, 0.05) is 16.3 Å². The molecule has 1 heterocycles. The molecule has 1 aliphatic rings. The number of aryl methyl sites for hydroxylation is 1. The van der Waals surface area contributed by atoms with E-state index in [4.69, 9.17) is 21.1 Å². The van der Waals surface area contributed by atoms with Crippen LogP contribution in [0.2, 0.25) is 5.02 Å². The smallest absolute Gasteiger partial charge is 0.279 e. The van der Waals surface area contributed by atoms with Gasteiger partial charge in [-0.3, -0.25) is 4.79 Å². The Morgan fingerprint density at radius 1 is 1.00 bits per heavy atom. The minimum Gasteiger partial charge on any atom is -0.493 e. The number of amides is 1. The largest absolute Gasteiger partial charge is 0.493 e. The first-order valence-electron chi connectivity index (χ1n) is 9.92. The van der Waals surface area contributed by atoms with Crippen molar-refractivity contribution in [2.45, 2.75) is 13.5 Å². The Kier molecular flexibility index (Phi) is 7.36. The molecule has 3 rings (SSSR count). The Hall–Kier alpha value is -2.28. The van der Waals surface area contributed by atoms with Gasteiger partial charge in [0.05, 0.1) is 14.2 Å². The molecular formula is C22H30ClN3O3+2. The lowest BCUT2D eigenvalue weighted by molar-refractivity contribution is -1.02. The zero-order valence-electron chi connectivity index (χ0n) is 17.3. The quantitative estimate of drug-likeness (QED) is 0.615. The van der Waals surface area contributed by atoms with Crippen LogP contribution in [-0.4, -0.2) is 52.9 Å². The van der Waals surface area contributed by atoms with Gasteiger partial charge in [0.1, 0.15) is 32.7 Å².